The molecule has 7 heteroatoms. The van der Waals surface area contributed by atoms with Crippen LogP contribution in [0.2, 0.25) is 5.15 Å². The monoisotopic (exact) mass is 247 g/mol. The van der Waals surface area contributed by atoms with Gasteiger partial charge in [-0.2, -0.15) is 18.3 Å². The molecule has 3 nitrogen and oxygen atoms in total. The zero-order valence-electron chi connectivity index (χ0n) is 7.72. The van der Waals surface area contributed by atoms with Gasteiger partial charge >= 0.3 is 6.18 Å². The molecule has 0 aliphatic carbocycles. The van der Waals surface area contributed by atoms with Crippen LogP contribution in [0.5, 0.6) is 0 Å². The molecule has 1 N–H and O–H groups in total. The minimum atomic E-state index is -4.51. The van der Waals surface area contributed by atoms with E-state index >= 15 is 0 Å². The van der Waals surface area contributed by atoms with E-state index in [-0.39, 0.29) is 5.15 Å². The maximum Gasteiger partial charge on any atom is 0.433 e. The Kier molecular flexibility index (Phi) is 2.59. The van der Waals surface area contributed by atoms with Crippen LogP contribution < -0.4 is 0 Å². The Morgan fingerprint density at radius 1 is 1.19 bits per heavy atom. The molecule has 84 valence electrons. The third kappa shape index (κ3) is 2.16. The third-order valence-electron chi connectivity index (χ3n) is 1.92. The van der Waals surface area contributed by atoms with Crippen molar-refractivity contribution in [2.75, 3.05) is 0 Å². The highest BCUT2D eigenvalue weighted by Crippen LogP contribution is 2.32. The van der Waals surface area contributed by atoms with Crippen molar-refractivity contribution in [2.45, 2.75) is 6.18 Å². The summed E-state index contributed by atoms with van der Waals surface area (Å²) in [5, 5.41) is 5.96. The lowest BCUT2D eigenvalue weighted by Crippen LogP contribution is -2.08. The molecule has 0 bridgehead atoms. The quantitative estimate of drug-likeness (QED) is 0.787. The Morgan fingerprint density at radius 3 is 2.50 bits per heavy atom. The molecule has 0 aliphatic heterocycles. The third-order valence-corrected chi connectivity index (χ3v) is 2.11. The number of H-pyrrole nitrogens is 1. The standard InChI is InChI=1S/C9H5ClF3N3/c10-8-2-5(6-3-14-15-4-6)1-7(16-8)9(11,12)13/h1-4H,(H,14,15). The second kappa shape index (κ2) is 3.79. The van der Waals surface area contributed by atoms with Crippen LogP contribution in [0, 0.1) is 0 Å². The summed E-state index contributed by atoms with van der Waals surface area (Å²) in [6.07, 6.45) is -1.62. The van der Waals surface area contributed by atoms with Gasteiger partial charge in [-0.05, 0) is 17.7 Å². The zero-order chi connectivity index (χ0) is 11.8. The van der Waals surface area contributed by atoms with E-state index in [2.05, 4.69) is 15.2 Å². The van der Waals surface area contributed by atoms with Crippen molar-refractivity contribution in [1.29, 1.82) is 0 Å². The molecule has 0 spiro atoms. The second-order valence-corrected chi connectivity index (χ2v) is 3.44. The molecule has 0 aliphatic rings. The smallest absolute Gasteiger partial charge is 0.285 e. The number of pyridine rings is 1. The van der Waals surface area contributed by atoms with Gasteiger partial charge in [0.05, 0.1) is 6.20 Å². The lowest BCUT2D eigenvalue weighted by molar-refractivity contribution is -0.141. The van der Waals surface area contributed by atoms with Crippen LogP contribution in [0.3, 0.4) is 0 Å². The fraction of sp³-hybridized carbons (Fsp3) is 0.111. The molecule has 0 amide bonds. The summed E-state index contributed by atoms with van der Waals surface area (Å²) < 4.78 is 37.3. The summed E-state index contributed by atoms with van der Waals surface area (Å²) in [6, 6.07) is 2.28. The Morgan fingerprint density at radius 2 is 1.94 bits per heavy atom. The Labute approximate surface area is 93.3 Å². The molecular formula is C9H5ClF3N3. The van der Waals surface area contributed by atoms with Crippen molar-refractivity contribution in [3.63, 3.8) is 0 Å². The Balaban J connectivity index is 2.53. The van der Waals surface area contributed by atoms with Crippen LogP contribution >= 0.6 is 11.6 Å². The minimum absolute atomic E-state index is 0.203. The van der Waals surface area contributed by atoms with Gasteiger partial charge in [0.25, 0.3) is 0 Å². The molecule has 2 aromatic heterocycles. The van der Waals surface area contributed by atoms with Crippen LogP contribution in [-0.4, -0.2) is 15.2 Å². The van der Waals surface area contributed by atoms with Gasteiger partial charge in [0, 0.05) is 11.8 Å². The first kappa shape index (κ1) is 10.9. The number of nitrogens with one attached hydrogen (secondary N) is 1. The molecular weight excluding hydrogens is 243 g/mol. The van der Waals surface area contributed by atoms with E-state index in [1.165, 1.54) is 18.5 Å². The molecule has 0 atom stereocenters. The maximum atomic E-state index is 12.4. The van der Waals surface area contributed by atoms with Crippen molar-refractivity contribution in [3.05, 3.63) is 35.4 Å². The first-order chi connectivity index (χ1) is 7.47. The normalized spacial score (nSPS) is 11.8. The first-order valence-corrected chi connectivity index (χ1v) is 4.58. The van der Waals surface area contributed by atoms with Gasteiger partial charge in [-0.3, -0.25) is 5.10 Å². The van der Waals surface area contributed by atoms with Gasteiger partial charge in [0.15, 0.2) is 0 Å². The van der Waals surface area contributed by atoms with Gasteiger partial charge in [0.2, 0.25) is 0 Å². The molecule has 2 heterocycles. The van der Waals surface area contributed by atoms with E-state index in [9.17, 15) is 13.2 Å². The molecule has 0 fully saturated rings. The number of aromatic nitrogens is 3. The number of aromatic amines is 1. The Bertz CT molecular complexity index is 493. The van der Waals surface area contributed by atoms with E-state index in [0.717, 1.165) is 6.07 Å². The molecule has 0 saturated heterocycles. The first-order valence-electron chi connectivity index (χ1n) is 4.21. The van der Waals surface area contributed by atoms with Crippen molar-refractivity contribution in [1.82, 2.24) is 15.2 Å². The van der Waals surface area contributed by atoms with Crippen molar-refractivity contribution >= 4 is 11.6 Å². The molecule has 16 heavy (non-hydrogen) atoms. The highest BCUT2D eigenvalue weighted by Gasteiger charge is 2.33. The highest BCUT2D eigenvalue weighted by atomic mass is 35.5. The number of halogens is 4. The fourth-order valence-electron chi connectivity index (χ4n) is 1.22. The second-order valence-electron chi connectivity index (χ2n) is 3.05. The fourth-order valence-corrected chi connectivity index (χ4v) is 1.43. The lowest BCUT2D eigenvalue weighted by Gasteiger charge is -2.07. The van der Waals surface area contributed by atoms with Gasteiger partial charge in [0.1, 0.15) is 10.8 Å². The zero-order valence-corrected chi connectivity index (χ0v) is 8.47. The number of alkyl halides is 3. The average molecular weight is 248 g/mol. The largest absolute Gasteiger partial charge is 0.433 e. The SMILES string of the molecule is FC(F)(F)c1cc(-c2cn[nH]c2)cc(Cl)n1. The minimum Gasteiger partial charge on any atom is -0.285 e. The van der Waals surface area contributed by atoms with Crippen LogP contribution in [0.4, 0.5) is 13.2 Å². The van der Waals surface area contributed by atoms with Crippen molar-refractivity contribution in [2.24, 2.45) is 0 Å². The number of rotatable bonds is 1. The predicted octanol–water partition coefficient (Wildman–Crippen LogP) is 3.14. The van der Waals surface area contributed by atoms with Gasteiger partial charge in [-0.1, -0.05) is 11.6 Å². The van der Waals surface area contributed by atoms with E-state index in [0.29, 0.717) is 11.1 Å². The van der Waals surface area contributed by atoms with Crippen LogP contribution in [0.25, 0.3) is 11.1 Å². The number of nitrogens with zero attached hydrogens (tertiary/aromatic N) is 2. The average Bonchev–Trinajstić information content (AvgIpc) is 2.68. The molecule has 0 saturated carbocycles. The molecule has 0 unspecified atom stereocenters. The van der Waals surface area contributed by atoms with E-state index in [1.54, 1.807) is 0 Å². The predicted molar refractivity (Wildman–Crippen MR) is 51.8 cm³/mol. The maximum absolute atomic E-state index is 12.4. The highest BCUT2D eigenvalue weighted by molar-refractivity contribution is 6.29. The summed E-state index contributed by atoms with van der Waals surface area (Å²) >= 11 is 5.53. The van der Waals surface area contributed by atoms with E-state index < -0.39 is 11.9 Å². The summed E-state index contributed by atoms with van der Waals surface area (Å²) in [6.45, 7) is 0. The van der Waals surface area contributed by atoms with Gasteiger partial charge < -0.3 is 0 Å². The van der Waals surface area contributed by atoms with Crippen LogP contribution in [-0.2, 0) is 6.18 Å². The molecule has 2 aromatic rings. The van der Waals surface area contributed by atoms with Gasteiger partial charge in [-0.15, -0.1) is 0 Å². The number of hydrogen-bond donors (Lipinski definition) is 1. The van der Waals surface area contributed by atoms with Gasteiger partial charge in [-0.25, -0.2) is 4.98 Å². The summed E-state index contributed by atoms with van der Waals surface area (Å²) in [7, 11) is 0. The molecule has 0 aromatic carbocycles. The molecule has 2 rings (SSSR count). The van der Waals surface area contributed by atoms with Crippen molar-refractivity contribution in [3.8, 4) is 11.1 Å². The van der Waals surface area contributed by atoms with Crippen LogP contribution in [0.15, 0.2) is 24.5 Å². The topological polar surface area (TPSA) is 41.6 Å². The van der Waals surface area contributed by atoms with Crippen molar-refractivity contribution < 1.29 is 13.2 Å². The Hall–Kier alpha value is -1.56. The summed E-state index contributed by atoms with van der Waals surface area (Å²) in [4.78, 5) is 3.22. The molecule has 0 radical (unpaired) electrons. The summed E-state index contributed by atoms with van der Waals surface area (Å²) in [5.74, 6) is 0. The van der Waals surface area contributed by atoms with E-state index in [1.807, 2.05) is 0 Å². The number of hydrogen-bond acceptors (Lipinski definition) is 2. The van der Waals surface area contributed by atoms with Crippen LogP contribution in [0.1, 0.15) is 5.69 Å². The summed E-state index contributed by atoms with van der Waals surface area (Å²) in [5.41, 5.74) is -0.174. The van der Waals surface area contributed by atoms with E-state index in [4.69, 9.17) is 11.6 Å². The lowest BCUT2D eigenvalue weighted by atomic mass is 10.1.